The topological polar surface area (TPSA) is 323 Å². The molecule has 0 aliphatic carbocycles. The van der Waals surface area contributed by atoms with Crippen molar-refractivity contribution in [2.75, 3.05) is 12.3 Å². The number of ether oxygens (including phenoxy) is 1. The Morgan fingerprint density at radius 2 is 2.00 bits per heavy atom. The highest BCUT2D eigenvalue weighted by molar-refractivity contribution is 7.46. The number of nitrogens with two attached hydrogens (primary N) is 2. The van der Waals surface area contributed by atoms with Crippen LogP contribution >= 0.6 is 7.82 Å². The number of anilines is 1. The fourth-order valence-corrected chi connectivity index (χ4v) is 3.21. The molecule has 1 fully saturated rings. The van der Waals surface area contributed by atoms with Crippen molar-refractivity contribution < 1.29 is 58.4 Å². The normalized spacial score (nSPS) is 22.6. The van der Waals surface area contributed by atoms with Crippen molar-refractivity contribution in [1.29, 1.82) is 0 Å². The molecule has 1 aliphatic rings. The van der Waals surface area contributed by atoms with Crippen molar-refractivity contribution in [2.45, 2.75) is 43.6 Å². The Hall–Kier alpha value is -3.39. The number of phosphoric ester groups is 1. The predicted octanol–water partition coefficient (Wildman–Crippen LogP) is -2.81. The van der Waals surface area contributed by atoms with Gasteiger partial charge in [0.2, 0.25) is 5.95 Å². The quantitative estimate of drug-likeness (QED) is 0.135. The number of furan rings is 1. The summed E-state index contributed by atoms with van der Waals surface area (Å²) in [5.74, 6) is -1.39. The molecule has 0 saturated carbocycles. The number of carbonyl (C=O) groups is 1. The Morgan fingerprint density at radius 1 is 1.34 bits per heavy atom. The van der Waals surface area contributed by atoms with Gasteiger partial charge in [0, 0.05) is 6.07 Å². The van der Waals surface area contributed by atoms with Crippen molar-refractivity contribution in [3.05, 3.63) is 35.1 Å². The van der Waals surface area contributed by atoms with Crippen LogP contribution in [-0.2, 0) is 18.6 Å². The second kappa shape index (κ2) is 12.9. The number of hydrogen-bond acceptors (Lipinski definition) is 14. The minimum Gasteiger partial charge on any atom is -0.481 e. The fourth-order valence-electron chi connectivity index (χ4n) is 2.87. The van der Waals surface area contributed by atoms with E-state index < -0.39 is 62.6 Å². The van der Waals surface area contributed by atoms with E-state index in [2.05, 4.69) is 23.9 Å². The Morgan fingerprint density at radius 3 is 2.45 bits per heavy atom. The van der Waals surface area contributed by atoms with Gasteiger partial charge in [-0.3, -0.25) is 23.7 Å². The highest BCUT2D eigenvalue weighted by Crippen LogP contribution is 2.38. The summed E-state index contributed by atoms with van der Waals surface area (Å²) in [6.45, 7) is 0.681. The zero-order valence-electron chi connectivity index (χ0n) is 19.5. The summed E-state index contributed by atoms with van der Waals surface area (Å²) < 4.78 is 26.0. The van der Waals surface area contributed by atoms with Crippen LogP contribution in [0.2, 0.25) is 0 Å². The van der Waals surface area contributed by atoms with E-state index in [1.807, 2.05) is 0 Å². The third-order valence-electron chi connectivity index (χ3n) is 4.78. The maximum atomic E-state index is 11.7. The number of aromatic nitrogens is 4. The number of aliphatic carboxylic acids is 1. The number of aliphatic hydroxyl groups excluding tert-OH is 3. The maximum absolute atomic E-state index is 11.7. The van der Waals surface area contributed by atoms with Gasteiger partial charge in [-0.25, -0.2) is 9.55 Å². The van der Waals surface area contributed by atoms with Crippen LogP contribution in [0.25, 0.3) is 11.2 Å². The van der Waals surface area contributed by atoms with Gasteiger partial charge < -0.3 is 55.9 Å². The Kier molecular flexibility index (Phi) is 10.5. The summed E-state index contributed by atoms with van der Waals surface area (Å²) in [5.41, 5.74) is 9.75. The Balaban J connectivity index is 0.000000296. The molecule has 0 spiro atoms. The van der Waals surface area contributed by atoms with E-state index in [0.29, 0.717) is 0 Å². The van der Waals surface area contributed by atoms with Crippen molar-refractivity contribution in [3.8, 4) is 5.95 Å². The number of aliphatic hydroxyl groups is 3. The number of aromatic hydroxyl groups is 1. The van der Waals surface area contributed by atoms with Gasteiger partial charge in [0.05, 0.1) is 25.3 Å². The Labute approximate surface area is 212 Å². The largest absolute Gasteiger partial charge is 0.481 e. The number of nitrogen functional groups attached to an aromatic ring is 1. The smallest absolute Gasteiger partial charge is 0.469 e. The monoisotopic (exact) mass is 566 g/mol. The minimum absolute atomic E-state index is 0.0176. The highest BCUT2D eigenvalue weighted by atomic mass is 31.2. The van der Waals surface area contributed by atoms with E-state index in [1.165, 1.54) is 30.1 Å². The first-order valence-electron chi connectivity index (χ1n) is 10.4. The lowest BCUT2D eigenvalue weighted by Gasteiger charge is -2.16. The molecule has 19 nitrogen and oxygen atoms in total. The van der Waals surface area contributed by atoms with Gasteiger partial charge in [-0.05, 0) is 13.0 Å². The van der Waals surface area contributed by atoms with Crippen LogP contribution in [-0.4, -0.2) is 97.9 Å². The molecule has 212 valence electrons. The zero-order valence-corrected chi connectivity index (χ0v) is 20.4. The van der Waals surface area contributed by atoms with Gasteiger partial charge in [0.25, 0.3) is 11.5 Å². The number of nitrogens with zero attached hydrogens (tertiary/aromatic N) is 3. The van der Waals surface area contributed by atoms with Gasteiger partial charge in [-0.15, -0.1) is 0 Å². The van der Waals surface area contributed by atoms with Crippen LogP contribution in [0.1, 0.15) is 13.2 Å². The summed E-state index contributed by atoms with van der Waals surface area (Å²) in [6.07, 6.45) is -3.78. The molecule has 3 aromatic heterocycles. The van der Waals surface area contributed by atoms with Crippen molar-refractivity contribution in [1.82, 2.24) is 19.5 Å². The molecule has 0 unspecified atom stereocenters. The molecule has 20 heteroatoms. The van der Waals surface area contributed by atoms with Crippen LogP contribution in [0.4, 0.5) is 5.95 Å². The number of aromatic amines is 1. The molecule has 0 amide bonds. The van der Waals surface area contributed by atoms with Crippen LogP contribution < -0.4 is 17.0 Å². The maximum Gasteiger partial charge on any atom is 0.469 e. The number of carboxylic acids is 1. The lowest BCUT2D eigenvalue weighted by molar-refractivity contribution is -0.140. The summed E-state index contributed by atoms with van der Waals surface area (Å²) in [5, 5.41) is 44.9. The molecule has 38 heavy (non-hydrogen) atoms. The van der Waals surface area contributed by atoms with E-state index in [0.717, 1.165) is 0 Å². The van der Waals surface area contributed by atoms with Gasteiger partial charge in [-0.1, -0.05) is 0 Å². The first-order chi connectivity index (χ1) is 17.6. The number of rotatable bonds is 6. The third kappa shape index (κ3) is 8.31. The molecule has 0 bridgehead atoms. The van der Waals surface area contributed by atoms with Crippen LogP contribution in [0.3, 0.4) is 0 Å². The molecule has 0 aromatic carbocycles. The SMILES string of the molecule is C[C@@H](O)[C@H](N)C(=O)O.Nc1nc2c(ncn2[C@@H]2O[C@H](COP(=O)(O)O)[C@@H](O)[C@H]2O)c(=O)[nH]1.Oc1ccco1. The summed E-state index contributed by atoms with van der Waals surface area (Å²) in [7, 11) is -4.76. The second-order valence-electron chi connectivity index (χ2n) is 7.66. The predicted molar refractivity (Wildman–Crippen MR) is 124 cm³/mol. The standard InChI is InChI=1S/C10H14N5O8P.C4H9NO3.C4H4O2/c11-10-13-7-4(8(18)14-10)12-2-15(7)9-6(17)5(16)3(23-9)1-22-24(19,20)21;1-2(6)3(5)4(7)8;5-4-2-1-3-6-4/h2-3,5-6,9,16-17H,1H2,(H2,19,20,21)(H3,11,13,14,18);2-3,6H,5H2,1H3,(H,7,8);1-3,5H/t3-,5-,6-,9-;2-,3+;/m11./s1. The minimum atomic E-state index is -4.76. The van der Waals surface area contributed by atoms with Gasteiger partial charge in [0.15, 0.2) is 17.4 Å². The lowest BCUT2D eigenvalue weighted by Crippen LogP contribution is -2.39. The number of fused-ring (bicyclic) bond motifs is 1. The van der Waals surface area contributed by atoms with Crippen LogP contribution in [0.15, 0.2) is 33.9 Å². The number of hydrogen-bond donors (Lipinski definition) is 10. The van der Waals surface area contributed by atoms with Crippen molar-refractivity contribution in [2.24, 2.45) is 5.73 Å². The molecule has 12 N–H and O–H groups in total. The molecular weight excluding hydrogens is 539 g/mol. The number of phosphoric acid groups is 1. The summed E-state index contributed by atoms with van der Waals surface area (Å²) in [6, 6.07) is 1.94. The van der Waals surface area contributed by atoms with Gasteiger partial charge in [-0.2, -0.15) is 4.98 Å². The average Bonchev–Trinajstić information content (AvgIpc) is 3.53. The van der Waals surface area contributed by atoms with Gasteiger partial charge in [0.1, 0.15) is 24.4 Å². The van der Waals surface area contributed by atoms with Crippen LogP contribution in [0.5, 0.6) is 5.95 Å². The average molecular weight is 566 g/mol. The number of carboxylic acid groups (broad SMARTS) is 1. The molecule has 1 aliphatic heterocycles. The molecule has 3 aromatic rings. The first-order valence-corrected chi connectivity index (χ1v) is 12.0. The molecule has 4 rings (SSSR count). The van der Waals surface area contributed by atoms with E-state index in [9.17, 15) is 24.4 Å². The van der Waals surface area contributed by atoms with Crippen LogP contribution in [0, 0.1) is 0 Å². The van der Waals surface area contributed by atoms with E-state index in [4.69, 9.17) is 41.3 Å². The molecule has 6 atom stereocenters. The second-order valence-corrected chi connectivity index (χ2v) is 8.90. The summed E-state index contributed by atoms with van der Waals surface area (Å²) >= 11 is 0. The highest BCUT2D eigenvalue weighted by Gasteiger charge is 2.45. The van der Waals surface area contributed by atoms with Crippen molar-refractivity contribution in [3.63, 3.8) is 0 Å². The molecular formula is C18H27N6O13P. The fraction of sp³-hybridized carbons (Fsp3) is 0.444. The number of imidazole rings is 1. The molecule has 0 radical (unpaired) electrons. The zero-order chi connectivity index (χ0) is 28.8. The first kappa shape index (κ1) is 30.8. The van der Waals surface area contributed by atoms with Crippen molar-refractivity contribution >= 4 is 30.9 Å². The molecule has 1 saturated heterocycles. The van der Waals surface area contributed by atoms with E-state index in [-0.39, 0.29) is 23.1 Å². The number of H-pyrrole nitrogens is 1. The lowest BCUT2D eigenvalue weighted by atomic mass is 10.1. The Bertz CT molecular complexity index is 1290. The van der Waals surface area contributed by atoms with E-state index >= 15 is 0 Å². The van der Waals surface area contributed by atoms with E-state index in [1.54, 1.807) is 6.07 Å². The van der Waals surface area contributed by atoms with Gasteiger partial charge >= 0.3 is 13.8 Å². The molecule has 4 heterocycles. The third-order valence-corrected chi connectivity index (χ3v) is 5.27. The number of nitrogens with one attached hydrogen (secondary N) is 1. The summed E-state index contributed by atoms with van der Waals surface area (Å²) in [4.78, 5) is 49.0.